The number of anilines is 1. The van der Waals surface area contributed by atoms with E-state index >= 15 is 0 Å². The molecule has 0 aliphatic rings. The van der Waals surface area contributed by atoms with Crippen LogP contribution in [0.3, 0.4) is 0 Å². The third-order valence-corrected chi connectivity index (χ3v) is 3.77. The van der Waals surface area contributed by atoms with Gasteiger partial charge < -0.3 is 15.4 Å². The maximum atomic E-state index is 13.6. The molecular formula is C16H15BrFN3O4. The molecular weight excluding hydrogens is 397 g/mol. The summed E-state index contributed by atoms with van der Waals surface area (Å²) >= 11 is 3.29. The number of carbonyl (C=O) groups excluding carboxylic acids is 1. The minimum Gasteiger partial charge on any atom is -0.494 e. The summed E-state index contributed by atoms with van der Waals surface area (Å²) in [4.78, 5) is 22.3. The Balaban J connectivity index is 1.97. The molecule has 1 amide bonds. The fourth-order valence-corrected chi connectivity index (χ4v) is 2.50. The molecule has 2 rings (SSSR count). The van der Waals surface area contributed by atoms with Gasteiger partial charge in [-0.15, -0.1) is 0 Å². The number of halogens is 2. The van der Waals surface area contributed by atoms with Crippen LogP contribution in [0.15, 0.2) is 40.9 Å². The Labute approximate surface area is 151 Å². The normalized spacial score (nSPS) is 10.2. The number of nitro benzene ring substituents is 1. The van der Waals surface area contributed by atoms with Gasteiger partial charge in [0.15, 0.2) is 11.6 Å². The van der Waals surface area contributed by atoms with Crippen molar-refractivity contribution >= 4 is 33.2 Å². The zero-order chi connectivity index (χ0) is 18.4. The first-order valence-electron chi connectivity index (χ1n) is 7.22. The molecule has 0 aliphatic heterocycles. The molecule has 0 aliphatic carbocycles. The second-order valence-corrected chi connectivity index (χ2v) is 5.87. The zero-order valence-corrected chi connectivity index (χ0v) is 14.8. The van der Waals surface area contributed by atoms with Crippen molar-refractivity contribution in [3.05, 3.63) is 62.4 Å². The van der Waals surface area contributed by atoms with Crippen LogP contribution < -0.4 is 15.4 Å². The van der Waals surface area contributed by atoms with E-state index < -0.39 is 16.4 Å². The van der Waals surface area contributed by atoms with Crippen LogP contribution in [-0.4, -0.2) is 31.0 Å². The third-order valence-electron chi connectivity index (χ3n) is 3.28. The molecule has 0 unspecified atom stereocenters. The van der Waals surface area contributed by atoms with Crippen molar-refractivity contribution in [3.63, 3.8) is 0 Å². The number of rotatable bonds is 7. The van der Waals surface area contributed by atoms with E-state index in [1.54, 1.807) is 24.3 Å². The van der Waals surface area contributed by atoms with Gasteiger partial charge in [0.25, 0.3) is 11.6 Å². The third kappa shape index (κ3) is 4.90. The molecule has 0 heterocycles. The lowest BCUT2D eigenvalue weighted by atomic mass is 10.2. The minimum absolute atomic E-state index is 0.105. The first-order valence-corrected chi connectivity index (χ1v) is 8.01. The van der Waals surface area contributed by atoms with E-state index in [4.69, 9.17) is 4.74 Å². The molecule has 0 bridgehead atoms. The highest BCUT2D eigenvalue weighted by atomic mass is 79.9. The van der Waals surface area contributed by atoms with Crippen molar-refractivity contribution in [2.75, 3.05) is 25.5 Å². The summed E-state index contributed by atoms with van der Waals surface area (Å²) in [5, 5.41) is 16.5. The Morgan fingerprint density at radius 3 is 2.72 bits per heavy atom. The quantitative estimate of drug-likeness (QED) is 0.413. The first kappa shape index (κ1) is 18.7. The van der Waals surface area contributed by atoms with Crippen molar-refractivity contribution in [2.45, 2.75) is 0 Å². The van der Waals surface area contributed by atoms with Crippen molar-refractivity contribution < 1.29 is 18.8 Å². The predicted octanol–water partition coefficient (Wildman–Crippen LogP) is 3.35. The van der Waals surface area contributed by atoms with Crippen LogP contribution in [0.4, 0.5) is 15.8 Å². The van der Waals surface area contributed by atoms with E-state index in [2.05, 4.69) is 26.6 Å². The number of amides is 1. The number of carbonyl (C=O) groups is 1. The lowest BCUT2D eigenvalue weighted by molar-refractivity contribution is -0.384. The number of hydrogen-bond donors (Lipinski definition) is 2. The molecule has 0 aromatic heterocycles. The van der Waals surface area contributed by atoms with E-state index in [-0.39, 0.29) is 30.4 Å². The summed E-state index contributed by atoms with van der Waals surface area (Å²) in [6.07, 6.45) is 0. The topological polar surface area (TPSA) is 93.5 Å². The number of nitrogens with zero attached hydrogens (tertiary/aromatic N) is 1. The zero-order valence-electron chi connectivity index (χ0n) is 13.2. The molecule has 2 aromatic carbocycles. The van der Waals surface area contributed by atoms with Gasteiger partial charge in [0.1, 0.15) is 5.69 Å². The number of hydrogen-bond acceptors (Lipinski definition) is 5. The van der Waals surface area contributed by atoms with Crippen molar-refractivity contribution in [2.24, 2.45) is 0 Å². The molecule has 9 heteroatoms. The highest BCUT2D eigenvalue weighted by Crippen LogP contribution is 2.31. The highest BCUT2D eigenvalue weighted by molar-refractivity contribution is 9.10. The second-order valence-electron chi connectivity index (χ2n) is 4.95. The van der Waals surface area contributed by atoms with Crippen molar-refractivity contribution in [1.82, 2.24) is 5.32 Å². The summed E-state index contributed by atoms with van der Waals surface area (Å²) in [7, 11) is 1.27. The van der Waals surface area contributed by atoms with Gasteiger partial charge in [-0.2, -0.15) is 0 Å². The summed E-state index contributed by atoms with van der Waals surface area (Å²) in [6.45, 7) is 0.442. The van der Waals surface area contributed by atoms with Crippen LogP contribution in [0, 0.1) is 15.9 Å². The van der Waals surface area contributed by atoms with Gasteiger partial charge >= 0.3 is 0 Å². The van der Waals surface area contributed by atoms with Gasteiger partial charge in [-0.3, -0.25) is 14.9 Å². The SMILES string of the molecule is COc1cc(NCCNC(=O)c2cccc(Br)c2)c([N+](=O)[O-])cc1F. The smallest absolute Gasteiger partial charge is 0.295 e. The molecule has 25 heavy (non-hydrogen) atoms. The van der Waals surface area contributed by atoms with Gasteiger partial charge in [-0.05, 0) is 18.2 Å². The standard InChI is InChI=1S/C16H15BrFN3O4/c1-25-15-9-13(14(21(23)24)8-12(15)18)19-5-6-20-16(22)10-3-2-4-11(17)7-10/h2-4,7-9,19H,5-6H2,1H3,(H,20,22). The van der Waals surface area contributed by atoms with Gasteiger partial charge in [-0.25, -0.2) is 4.39 Å². The molecule has 7 nitrogen and oxygen atoms in total. The molecule has 0 spiro atoms. The Hall–Kier alpha value is -2.68. The van der Waals surface area contributed by atoms with Gasteiger partial charge in [-0.1, -0.05) is 22.0 Å². The average molecular weight is 412 g/mol. The number of ether oxygens (including phenoxy) is 1. The molecule has 0 fully saturated rings. The molecule has 132 valence electrons. The van der Waals surface area contributed by atoms with Gasteiger partial charge in [0.2, 0.25) is 0 Å². The van der Waals surface area contributed by atoms with E-state index in [9.17, 15) is 19.3 Å². The van der Waals surface area contributed by atoms with Crippen LogP contribution in [0.25, 0.3) is 0 Å². The molecule has 0 radical (unpaired) electrons. The van der Waals surface area contributed by atoms with Crippen LogP contribution in [-0.2, 0) is 0 Å². The van der Waals surface area contributed by atoms with Crippen molar-refractivity contribution in [3.8, 4) is 5.75 Å². The summed E-state index contributed by atoms with van der Waals surface area (Å²) in [5.41, 5.74) is 0.195. The number of benzene rings is 2. The minimum atomic E-state index is -0.817. The number of methoxy groups -OCH3 is 1. The van der Waals surface area contributed by atoms with E-state index in [1.807, 2.05) is 0 Å². The number of nitro groups is 1. The van der Waals surface area contributed by atoms with Crippen LogP contribution in [0.5, 0.6) is 5.75 Å². The van der Waals surface area contributed by atoms with E-state index in [1.165, 1.54) is 13.2 Å². The fourth-order valence-electron chi connectivity index (χ4n) is 2.10. The van der Waals surface area contributed by atoms with E-state index in [0.29, 0.717) is 5.56 Å². The monoisotopic (exact) mass is 411 g/mol. The lowest BCUT2D eigenvalue weighted by Gasteiger charge is -2.10. The Morgan fingerprint density at radius 2 is 2.08 bits per heavy atom. The van der Waals surface area contributed by atoms with Crippen molar-refractivity contribution in [1.29, 1.82) is 0 Å². The lowest BCUT2D eigenvalue weighted by Crippen LogP contribution is -2.28. The summed E-state index contributed by atoms with van der Waals surface area (Å²) in [5.74, 6) is -1.19. The van der Waals surface area contributed by atoms with Crippen LogP contribution in [0.1, 0.15) is 10.4 Å². The average Bonchev–Trinajstić information content (AvgIpc) is 2.59. The first-order chi connectivity index (χ1) is 11.9. The highest BCUT2D eigenvalue weighted by Gasteiger charge is 2.18. The number of nitrogens with one attached hydrogen (secondary N) is 2. The molecule has 2 aromatic rings. The predicted molar refractivity (Wildman–Crippen MR) is 94.6 cm³/mol. The summed E-state index contributed by atoms with van der Waals surface area (Å²) < 4.78 is 19.2. The van der Waals surface area contributed by atoms with Gasteiger partial charge in [0, 0.05) is 29.2 Å². The van der Waals surface area contributed by atoms with E-state index in [0.717, 1.165) is 10.5 Å². The maximum absolute atomic E-state index is 13.6. The van der Waals surface area contributed by atoms with Crippen LogP contribution in [0.2, 0.25) is 0 Å². The molecule has 0 saturated carbocycles. The van der Waals surface area contributed by atoms with Crippen LogP contribution >= 0.6 is 15.9 Å². The summed E-state index contributed by atoms with van der Waals surface area (Å²) in [6, 6.07) is 8.90. The second kappa shape index (κ2) is 8.43. The molecule has 0 atom stereocenters. The Kier molecular flexibility index (Phi) is 6.29. The molecule has 2 N–H and O–H groups in total. The van der Waals surface area contributed by atoms with Gasteiger partial charge in [0.05, 0.1) is 18.1 Å². The largest absolute Gasteiger partial charge is 0.494 e. The fraction of sp³-hybridized carbons (Fsp3) is 0.188. The maximum Gasteiger partial charge on any atom is 0.295 e. The molecule has 0 saturated heterocycles. The Morgan fingerprint density at radius 1 is 1.32 bits per heavy atom. The Bertz CT molecular complexity index is 801.